The summed E-state index contributed by atoms with van der Waals surface area (Å²) in [5, 5.41) is 22.8. The first kappa shape index (κ1) is 19.5. The van der Waals surface area contributed by atoms with Gasteiger partial charge in [0.25, 0.3) is 17.2 Å². The first-order valence-electron chi connectivity index (χ1n) is 8.94. The molecule has 7 heteroatoms. The van der Waals surface area contributed by atoms with Gasteiger partial charge in [0.2, 0.25) is 0 Å². The fourth-order valence-electron chi connectivity index (χ4n) is 3.97. The summed E-state index contributed by atoms with van der Waals surface area (Å²) < 4.78 is 2.02. The number of non-ortho nitro benzene ring substituents is 1. The molecular formula is C20H22BrN3O3. The van der Waals surface area contributed by atoms with Gasteiger partial charge in [-0.1, -0.05) is 29.8 Å². The van der Waals surface area contributed by atoms with Crippen LogP contribution in [0.4, 0.5) is 11.4 Å². The van der Waals surface area contributed by atoms with Crippen LogP contribution in [-0.2, 0) is 5.72 Å². The molecule has 2 aromatic rings. The van der Waals surface area contributed by atoms with Crippen LogP contribution < -0.4 is 21.9 Å². The zero-order valence-electron chi connectivity index (χ0n) is 15.1. The average molecular weight is 432 g/mol. The second-order valence-electron chi connectivity index (χ2n) is 7.07. The summed E-state index contributed by atoms with van der Waals surface area (Å²) in [6.07, 6.45) is 2.98. The molecule has 0 bridgehead atoms. The first-order valence-corrected chi connectivity index (χ1v) is 8.94. The molecule has 0 aromatic heterocycles. The Balaban J connectivity index is 0.00000210. The molecule has 6 nitrogen and oxygen atoms in total. The molecule has 0 fully saturated rings. The van der Waals surface area contributed by atoms with Crippen molar-refractivity contribution in [2.45, 2.75) is 31.9 Å². The van der Waals surface area contributed by atoms with E-state index in [0.29, 0.717) is 12.1 Å². The van der Waals surface area contributed by atoms with Crippen LogP contribution >= 0.6 is 0 Å². The molecule has 2 heterocycles. The number of nitro benzene ring substituents is 1. The van der Waals surface area contributed by atoms with E-state index < -0.39 is 10.6 Å². The molecule has 2 aromatic carbocycles. The molecule has 142 valence electrons. The number of nitrogens with zero attached hydrogens (tertiary/aromatic N) is 3. The fourth-order valence-corrected chi connectivity index (χ4v) is 3.97. The maximum atomic E-state index is 11.6. The highest BCUT2D eigenvalue weighted by molar-refractivity contribution is 5.96. The summed E-state index contributed by atoms with van der Waals surface area (Å²) in [6, 6.07) is 14.6. The van der Waals surface area contributed by atoms with E-state index in [0.717, 1.165) is 37.3 Å². The largest absolute Gasteiger partial charge is 1.00 e. The standard InChI is InChI=1S/C20H22N3O3.BrH/c1-15-8-10-17(11-9-15)21-14-20(24,22-12-3-2-7-19(21)22)16-5-4-6-18(13-16)23(25)26;/h4-6,8-11,13,24H,2-3,7,12,14H2,1H3;1H/q+1;/p-1. The smallest absolute Gasteiger partial charge is 0.271 e. The summed E-state index contributed by atoms with van der Waals surface area (Å²) in [6.45, 7) is 3.16. The molecule has 4 rings (SSSR count). The number of halogens is 1. The van der Waals surface area contributed by atoms with Crippen LogP contribution in [0, 0.1) is 17.0 Å². The second kappa shape index (κ2) is 7.40. The number of nitro groups is 1. The number of hydrogen-bond acceptors (Lipinski definition) is 4. The first-order chi connectivity index (χ1) is 12.5. The summed E-state index contributed by atoms with van der Waals surface area (Å²) in [7, 11) is 0. The van der Waals surface area contributed by atoms with E-state index in [1.54, 1.807) is 12.1 Å². The van der Waals surface area contributed by atoms with Gasteiger partial charge in [-0.05, 0) is 31.9 Å². The molecule has 0 aliphatic carbocycles. The average Bonchev–Trinajstić information content (AvgIpc) is 2.97. The van der Waals surface area contributed by atoms with Gasteiger partial charge in [-0.3, -0.25) is 10.1 Å². The normalized spacial score (nSPS) is 21.6. The van der Waals surface area contributed by atoms with Crippen molar-refractivity contribution in [1.82, 2.24) is 0 Å². The number of aliphatic hydroxyl groups is 1. The number of aryl methyl sites for hydroxylation is 1. The highest BCUT2D eigenvalue weighted by atomic mass is 79.9. The second-order valence-corrected chi connectivity index (χ2v) is 7.07. The lowest BCUT2D eigenvalue weighted by Crippen LogP contribution is -3.00. The van der Waals surface area contributed by atoms with Gasteiger partial charge in [0.15, 0.2) is 6.54 Å². The molecule has 0 radical (unpaired) electrons. The Kier molecular flexibility index (Phi) is 5.35. The van der Waals surface area contributed by atoms with E-state index in [1.807, 2.05) is 11.5 Å². The van der Waals surface area contributed by atoms with Crippen molar-refractivity contribution in [2.75, 3.05) is 18.0 Å². The van der Waals surface area contributed by atoms with Crippen LogP contribution in [0.2, 0.25) is 0 Å². The molecular weight excluding hydrogens is 410 g/mol. The van der Waals surface area contributed by atoms with Gasteiger partial charge in [0.05, 0.1) is 11.5 Å². The third-order valence-electron chi connectivity index (χ3n) is 5.35. The van der Waals surface area contributed by atoms with E-state index in [-0.39, 0.29) is 22.7 Å². The Bertz CT molecular complexity index is 898. The molecule has 27 heavy (non-hydrogen) atoms. The summed E-state index contributed by atoms with van der Waals surface area (Å²) in [5.74, 6) is 1.09. The van der Waals surface area contributed by atoms with Crippen LogP contribution in [0.3, 0.4) is 0 Å². The van der Waals surface area contributed by atoms with Crippen molar-refractivity contribution in [3.8, 4) is 0 Å². The number of amidine groups is 1. The van der Waals surface area contributed by atoms with E-state index in [2.05, 4.69) is 29.2 Å². The number of β-amino-alcohol motifs (C(OH)–C–C–N with tert-alkyl or cyclic N) is 1. The predicted molar refractivity (Wildman–Crippen MR) is 99.5 cm³/mol. The Morgan fingerprint density at radius 1 is 1.19 bits per heavy atom. The van der Waals surface area contributed by atoms with Crippen molar-refractivity contribution in [3.05, 3.63) is 69.8 Å². The monoisotopic (exact) mass is 431 g/mol. The predicted octanol–water partition coefficient (Wildman–Crippen LogP) is 0.167. The lowest BCUT2D eigenvalue weighted by Gasteiger charge is -2.24. The molecule has 0 spiro atoms. The number of hydrogen-bond donors (Lipinski definition) is 1. The Morgan fingerprint density at radius 3 is 2.63 bits per heavy atom. The van der Waals surface area contributed by atoms with Gasteiger partial charge in [0, 0.05) is 24.1 Å². The van der Waals surface area contributed by atoms with Crippen molar-refractivity contribution in [3.63, 3.8) is 0 Å². The molecule has 2 aliphatic rings. The number of rotatable bonds is 3. The van der Waals surface area contributed by atoms with Crippen LogP contribution in [0.1, 0.15) is 30.4 Å². The summed E-state index contributed by atoms with van der Waals surface area (Å²) in [5.41, 5.74) is 1.54. The highest BCUT2D eigenvalue weighted by Crippen LogP contribution is 2.36. The van der Waals surface area contributed by atoms with Crippen LogP contribution in [-0.4, -0.2) is 33.5 Å². The molecule has 0 saturated heterocycles. The van der Waals surface area contributed by atoms with E-state index in [9.17, 15) is 15.2 Å². The molecule has 1 atom stereocenters. The van der Waals surface area contributed by atoms with Crippen molar-refractivity contribution in [1.29, 1.82) is 0 Å². The topological polar surface area (TPSA) is 69.6 Å². The van der Waals surface area contributed by atoms with Gasteiger partial charge >= 0.3 is 0 Å². The van der Waals surface area contributed by atoms with Crippen molar-refractivity contribution >= 4 is 17.2 Å². The highest BCUT2D eigenvalue weighted by Gasteiger charge is 2.52. The minimum Gasteiger partial charge on any atom is -1.00 e. The molecule has 1 unspecified atom stereocenters. The summed E-state index contributed by atoms with van der Waals surface area (Å²) in [4.78, 5) is 12.9. The van der Waals surface area contributed by atoms with Crippen LogP contribution in [0.25, 0.3) is 0 Å². The number of benzene rings is 2. The molecule has 2 aliphatic heterocycles. The zero-order chi connectivity index (χ0) is 18.3. The van der Waals surface area contributed by atoms with Crippen LogP contribution in [0.5, 0.6) is 0 Å². The van der Waals surface area contributed by atoms with E-state index >= 15 is 0 Å². The van der Waals surface area contributed by atoms with E-state index in [4.69, 9.17) is 0 Å². The van der Waals surface area contributed by atoms with E-state index in [1.165, 1.54) is 17.7 Å². The quantitative estimate of drug-likeness (QED) is 0.427. The zero-order valence-corrected chi connectivity index (χ0v) is 16.7. The third-order valence-corrected chi connectivity index (χ3v) is 5.35. The molecule has 0 amide bonds. The minimum atomic E-state index is -1.26. The lowest BCUT2D eigenvalue weighted by molar-refractivity contribution is -0.661. The van der Waals surface area contributed by atoms with Gasteiger partial charge in [-0.15, -0.1) is 0 Å². The van der Waals surface area contributed by atoms with Gasteiger partial charge < -0.3 is 22.1 Å². The minimum absolute atomic E-state index is 0. The lowest BCUT2D eigenvalue weighted by atomic mass is 10.0. The Hall–Kier alpha value is -2.25. The SMILES string of the molecule is Cc1ccc(N2CC(O)(c3cccc([N+](=O)[O-])c3)[N+]3=C2CCCC3)cc1.[Br-]. The Morgan fingerprint density at radius 2 is 1.93 bits per heavy atom. The fraction of sp³-hybridized carbons (Fsp3) is 0.350. The van der Waals surface area contributed by atoms with Gasteiger partial charge in [0.1, 0.15) is 5.69 Å². The number of anilines is 1. The molecule has 0 saturated carbocycles. The molecule has 1 N–H and O–H groups in total. The maximum absolute atomic E-state index is 11.6. The van der Waals surface area contributed by atoms with Crippen LogP contribution in [0.15, 0.2) is 48.5 Å². The third kappa shape index (κ3) is 3.37. The summed E-state index contributed by atoms with van der Waals surface area (Å²) >= 11 is 0. The van der Waals surface area contributed by atoms with Gasteiger partial charge in [-0.25, -0.2) is 9.48 Å². The van der Waals surface area contributed by atoms with Gasteiger partial charge in [-0.2, -0.15) is 0 Å². The Labute approximate surface area is 168 Å². The van der Waals surface area contributed by atoms with Crippen molar-refractivity contribution < 1.29 is 31.6 Å². The van der Waals surface area contributed by atoms with Crippen molar-refractivity contribution in [2.24, 2.45) is 0 Å². The maximum Gasteiger partial charge on any atom is 0.271 e.